The van der Waals surface area contributed by atoms with Crippen LogP contribution < -0.4 is 0 Å². The number of halogens is 3. The van der Waals surface area contributed by atoms with Gasteiger partial charge in [0.15, 0.2) is 0 Å². The maximum Gasteiger partial charge on any atom is 0.389 e. The van der Waals surface area contributed by atoms with Crippen molar-refractivity contribution in [1.82, 2.24) is 0 Å². The average molecular weight is 222 g/mol. The van der Waals surface area contributed by atoms with Crippen molar-refractivity contribution in [3.63, 3.8) is 0 Å². The molecule has 0 rings (SSSR count). The van der Waals surface area contributed by atoms with Crippen LogP contribution in [0.1, 0.15) is 32.1 Å². The summed E-state index contributed by atoms with van der Waals surface area (Å²) in [4.78, 5) is 10.4. The minimum absolute atomic E-state index is 0.118. The highest BCUT2D eigenvalue weighted by Crippen LogP contribution is 2.22. The van der Waals surface area contributed by atoms with E-state index < -0.39 is 18.6 Å². The van der Waals surface area contributed by atoms with Crippen LogP contribution in [0.4, 0.5) is 13.2 Å². The van der Waals surface area contributed by atoms with Gasteiger partial charge in [0.05, 0.1) is 6.61 Å². The van der Waals surface area contributed by atoms with E-state index in [1.54, 1.807) is 5.92 Å². The molecule has 0 aromatic heterocycles. The van der Waals surface area contributed by atoms with Crippen LogP contribution in [0.5, 0.6) is 0 Å². The molecule has 0 aromatic carbocycles. The zero-order valence-corrected chi connectivity index (χ0v) is 8.27. The Labute approximate surface area is 86.8 Å². The molecule has 0 spiro atoms. The first-order valence-corrected chi connectivity index (χ1v) is 4.66. The molecular formula is C10H13F3O2. The largest absolute Gasteiger partial charge is 0.456 e. The second-order valence-electron chi connectivity index (χ2n) is 3.06. The minimum atomic E-state index is -4.07. The van der Waals surface area contributed by atoms with Crippen molar-refractivity contribution < 1.29 is 22.7 Å². The van der Waals surface area contributed by atoms with Gasteiger partial charge in [0.2, 0.25) is 0 Å². The third-order valence-corrected chi connectivity index (χ3v) is 1.71. The summed E-state index contributed by atoms with van der Waals surface area (Å²) < 4.78 is 39.6. The molecule has 0 atom stereocenters. The molecule has 0 amide bonds. The Kier molecular flexibility index (Phi) is 6.59. The Morgan fingerprint density at radius 1 is 1.20 bits per heavy atom. The predicted molar refractivity (Wildman–Crippen MR) is 48.9 cm³/mol. The highest BCUT2D eigenvalue weighted by atomic mass is 19.4. The van der Waals surface area contributed by atoms with Crippen LogP contribution in [-0.2, 0) is 9.53 Å². The van der Waals surface area contributed by atoms with Crippen molar-refractivity contribution in [2.45, 2.75) is 38.3 Å². The highest BCUT2D eigenvalue weighted by Gasteiger charge is 2.25. The first kappa shape index (κ1) is 13.8. The number of terminal acetylenes is 1. The number of ether oxygens (including phenoxy) is 1. The molecular weight excluding hydrogens is 209 g/mol. The first-order valence-electron chi connectivity index (χ1n) is 4.66. The molecule has 0 bridgehead atoms. The molecule has 0 radical (unpaired) electrons. The third-order valence-electron chi connectivity index (χ3n) is 1.71. The molecule has 0 heterocycles. The molecule has 0 saturated heterocycles. The molecule has 0 unspecified atom stereocenters. The van der Waals surface area contributed by atoms with Crippen molar-refractivity contribution >= 4 is 5.97 Å². The molecule has 15 heavy (non-hydrogen) atoms. The lowest BCUT2D eigenvalue weighted by Gasteiger charge is -2.05. The van der Waals surface area contributed by atoms with Crippen molar-refractivity contribution in [2.75, 3.05) is 6.61 Å². The number of esters is 1. The van der Waals surface area contributed by atoms with Gasteiger partial charge in [-0.2, -0.15) is 13.2 Å². The van der Waals surface area contributed by atoms with E-state index in [0.717, 1.165) is 0 Å². The second kappa shape index (κ2) is 7.16. The number of rotatable bonds is 6. The van der Waals surface area contributed by atoms with E-state index in [-0.39, 0.29) is 13.0 Å². The Morgan fingerprint density at radius 3 is 2.33 bits per heavy atom. The number of carbonyl (C=O) groups is 1. The van der Waals surface area contributed by atoms with Gasteiger partial charge >= 0.3 is 12.1 Å². The second-order valence-corrected chi connectivity index (χ2v) is 3.06. The molecule has 86 valence electrons. The fourth-order valence-electron chi connectivity index (χ4n) is 0.988. The summed E-state index contributed by atoms with van der Waals surface area (Å²) in [7, 11) is 0. The average Bonchev–Trinajstić information content (AvgIpc) is 2.14. The molecule has 0 N–H and O–H groups in total. The normalized spacial score (nSPS) is 10.8. The van der Waals surface area contributed by atoms with Gasteiger partial charge in [-0.15, -0.1) is 6.42 Å². The van der Waals surface area contributed by atoms with Gasteiger partial charge in [0.1, 0.15) is 0 Å². The van der Waals surface area contributed by atoms with Crippen LogP contribution in [-0.4, -0.2) is 18.8 Å². The third kappa shape index (κ3) is 10.7. The molecule has 0 aliphatic rings. The lowest BCUT2D eigenvalue weighted by atomic mass is 10.1. The lowest BCUT2D eigenvalue weighted by Crippen LogP contribution is -2.06. The van der Waals surface area contributed by atoms with E-state index in [4.69, 9.17) is 6.42 Å². The van der Waals surface area contributed by atoms with Crippen LogP contribution in [0.25, 0.3) is 0 Å². The van der Waals surface area contributed by atoms with Crippen LogP contribution in [0, 0.1) is 12.3 Å². The number of carbonyl (C=O) groups excluding carboxylic acids is 1. The summed E-state index contributed by atoms with van der Waals surface area (Å²) in [5, 5.41) is 0. The van der Waals surface area contributed by atoms with Crippen LogP contribution in [0.3, 0.4) is 0 Å². The highest BCUT2D eigenvalue weighted by molar-refractivity contribution is 5.87. The number of unbranched alkanes of at least 4 members (excludes halogenated alkanes) is 3. The molecule has 5 heteroatoms. The van der Waals surface area contributed by atoms with E-state index in [0.29, 0.717) is 19.3 Å². The standard InChI is InChI=1S/C10H13F3O2/c1-2-9(14)15-8-6-4-3-5-7-10(11,12)13/h1H,3-8H2. The van der Waals surface area contributed by atoms with Gasteiger partial charge in [0, 0.05) is 12.3 Å². The van der Waals surface area contributed by atoms with Crippen LogP contribution in [0.15, 0.2) is 0 Å². The van der Waals surface area contributed by atoms with Gasteiger partial charge in [-0.3, -0.25) is 0 Å². The summed E-state index contributed by atoms with van der Waals surface area (Å²) in [5.74, 6) is 1.05. The van der Waals surface area contributed by atoms with Gasteiger partial charge < -0.3 is 4.74 Å². The van der Waals surface area contributed by atoms with Crippen molar-refractivity contribution in [3.05, 3.63) is 0 Å². The monoisotopic (exact) mass is 222 g/mol. The molecule has 0 aromatic rings. The summed E-state index contributed by atoms with van der Waals surface area (Å²) in [6, 6.07) is 0. The van der Waals surface area contributed by atoms with Gasteiger partial charge in [-0.05, 0) is 12.8 Å². The summed E-state index contributed by atoms with van der Waals surface area (Å²) in [6.07, 6.45) is 1.66. The zero-order valence-electron chi connectivity index (χ0n) is 8.27. The number of alkyl halides is 3. The fourth-order valence-corrected chi connectivity index (χ4v) is 0.988. The van der Waals surface area contributed by atoms with E-state index in [1.165, 1.54) is 0 Å². The van der Waals surface area contributed by atoms with E-state index >= 15 is 0 Å². The molecule has 0 saturated carbocycles. The van der Waals surface area contributed by atoms with Crippen LogP contribution in [0.2, 0.25) is 0 Å². The fraction of sp³-hybridized carbons (Fsp3) is 0.700. The molecule has 0 fully saturated rings. The van der Waals surface area contributed by atoms with E-state index in [1.807, 2.05) is 0 Å². The quantitative estimate of drug-likeness (QED) is 0.299. The lowest BCUT2D eigenvalue weighted by molar-refractivity contribution is -0.136. The van der Waals surface area contributed by atoms with E-state index in [9.17, 15) is 18.0 Å². The summed E-state index contributed by atoms with van der Waals surface area (Å²) in [5.41, 5.74) is 0. The van der Waals surface area contributed by atoms with Crippen molar-refractivity contribution in [2.24, 2.45) is 0 Å². The SMILES string of the molecule is C#CC(=O)OCCCCCCC(F)(F)F. The van der Waals surface area contributed by atoms with Gasteiger partial charge in [-0.1, -0.05) is 12.8 Å². The smallest absolute Gasteiger partial charge is 0.389 e. The van der Waals surface area contributed by atoms with E-state index in [2.05, 4.69) is 4.74 Å². The molecule has 0 aliphatic carbocycles. The Balaban J connectivity index is 3.20. The molecule has 2 nitrogen and oxygen atoms in total. The Morgan fingerprint density at radius 2 is 1.80 bits per heavy atom. The minimum Gasteiger partial charge on any atom is -0.456 e. The number of hydrogen-bond donors (Lipinski definition) is 0. The predicted octanol–water partition coefficient (Wildman–Crippen LogP) is 2.68. The van der Waals surface area contributed by atoms with Crippen LogP contribution >= 0.6 is 0 Å². The Hall–Kier alpha value is -1.18. The molecule has 0 aliphatic heterocycles. The maximum absolute atomic E-state index is 11.7. The summed E-state index contributed by atoms with van der Waals surface area (Å²) in [6.45, 7) is 0.176. The Bertz CT molecular complexity index is 228. The van der Waals surface area contributed by atoms with Gasteiger partial charge in [-0.25, -0.2) is 4.79 Å². The topological polar surface area (TPSA) is 26.3 Å². The van der Waals surface area contributed by atoms with Crippen molar-refractivity contribution in [1.29, 1.82) is 0 Å². The van der Waals surface area contributed by atoms with Gasteiger partial charge in [0.25, 0.3) is 0 Å². The first-order chi connectivity index (χ1) is 6.95. The van der Waals surface area contributed by atoms with Crippen molar-refractivity contribution in [3.8, 4) is 12.3 Å². The zero-order chi connectivity index (χ0) is 11.7. The summed E-state index contributed by atoms with van der Waals surface area (Å²) >= 11 is 0. The number of hydrogen-bond acceptors (Lipinski definition) is 2. The maximum atomic E-state index is 11.7.